The van der Waals surface area contributed by atoms with Crippen LogP contribution in [0.4, 0.5) is 0 Å². The highest BCUT2D eigenvalue weighted by Crippen LogP contribution is 2.34. The molecular weight excluding hydrogens is 330 g/mol. The Labute approximate surface area is 168 Å². The summed E-state index contributed by atoms with van der Waals surface area (Å²) in [6, 6.07) is 0.799. The van der Waals surface area contributed by atoms with E-state index in [2.05, 4.69) is 25.0 Å². The molecule has 0 heterocycles. The van der Waals surface area contributed by atoms with Crippen LogP contribution in [-0.2, 0) is 0 Å². The molecule has 0 radical (unpaired) electrons. The standard InChI is InChI=1S/C24H43N3/c1-3-27(4-2)23-17-15-20(16-18-23)19-25-26-24(21-11-7-5-8-12-21)22-13-9-6-10-14-22/h19-23H,3-18H2,1-2H3/b25-19+. The average Bonchev–Trinajstić information content (AvgIpc) is 2.74. The molecule has 0 aromatic carbocycles. The molecule has 0 amide bonds. The van der Waals surface area contributed by atoms with Gasteiger partial charge < -0.3 is 4.90 Å². The third-order valence-corrected chi connectivity index (χ3v) is 7.57. The van der Waals surface area contributed by atoms with E-state index in [4.69, 9.17) is 10.2 Å². The number of hydrogen-bond donors (Lipinski definition) is 0. The van der Waals surface area contributed by atoms with Crippen LogP contribution in [-0.4, -0.2) is 36.0 Å². The molecule has 0 aromatic heterocycles. The van der Waals surface area contributed by atoms with Crippen LogP contribution < -0.4 is 0 Å². The van der Waals surface area contributed by atoms with Gasteiger partial charge in [0, 0.05) is 18.0 Å². The maximum atomic E-state index is 4.93. The molecule has 154 valence electrons. The molecule has 0 aromatic rings. The Hall–Kier alpha value is -0.700. The summed E-state index contributed by atoms with van der Waals surface area (Å²) in [5.41, 5.74) is 1.49. The molecule has 0 aliphatic heterocycles. The minimum Gasteiger partial charge on any atom is -0.301 e. The summed E-state index contributed by atoms with van der Waals surface area (Å²) in [7, 11) is 0. The Balaban J connectivity index is 1.57. The third kappa shape index (κ3) is 6.14. The molecule has 0 N–H and O–H groups in total. The van der Waals surface area contributed by atoms with Crippen LogP contribution >= 0.6 is 0 Å². The quantitative estimate of drug-likeness (QED) is 0.371. The Bertz CT molecular complexity index is 440. The molecule has 3 aliphatic rings. The van der Waals surface area contributed by atoms with Gasteiger partial charge in [-0.15, -0.1) is 0 Å². The van der Waals surface area contributed by atoms with Crippen LogP contribution in [0.1, 0.15) is 104 Å². The number of rotatable bonds is 7. The van der Waals surface area contributed by atoms with Gasteiger partial charge in [-0.3, -0.25) is 0 Å². The molecule has 0 unspecified atom stereocenters. The van der Waals surface area contributed by atoms with E-state index in [1.54, 1.807) is 0 Å². The minimum absolute atomic E-state index is 0.652. The average molecular weight is 374 g/mol. The summed E-state index contributed by atoms with van der Waals surface area (Å²) < 4.78 is 0. The number of nitrogens with zero attached hydrogens (tertiary/aromatic N) is 3. The van der Waals surface area contributed by atoms with Gasteiger partial charge in [0.1, 0.15) is 0 Å². The minimum atomic E-state index is 0.652. The Morgan fingerprint density at radius 2 is 1.26 bits per heavy atom. The van der Waals surface area contributed by atoms with Crippen molar-refractivity contribution >= 4 is 11.9 Å². The zero-order chi connectivity index (χ0) is 18.9. The van der Waals surface area contributed by atoms with Gasteiger partial charge in [0.2, 0.25) is 0 Å². The first kappa shape index (κ1) is 21.0. The third-order valence-electron chi connectivity index (χ3n) is 7.57. The van der Waals surface area contributed by atoms with Crippen LogP contribution in [0.3, 0.4) is 0 Å². The molecule has 0 saturated heterocycles. The Morgan fingerprint density at radius 1 is 0.741 bits per heavy atom. The zero-order valence-electron chi connectivity index (χ0n) is 18.0. The normalized spacial score (nSPS) is 28.7. The molecule has 0 bridgehead atoms. The van der Waals surface area contributed by atoms with Crippen molar-refractivity contribution in [2.45, 2.75) is 110 Å². The van der Waals surface area contributed by atoms with E-state index in [0.717, 1.165) is 17.9 Å². The van der Waals surface area contributed by atoms with Gasteiger partial charge in [-0.1, -0.05) is 52.4 Å². The molecule has 0 atom stereocenters. The fourth-order valence-corrected chi connectivity index (χ4v) is 5.84. The van der Waals surface area contributed by atoms with Gasteiger partial charge in [-0.25, -0.2) is 0 Å². The smallest absolute Gasteiger partial charge is 0.0467 e. The van der Waals surface area contributed by atoms with Gasteiger partial charge in [-0.2, -0.15) is 10.2 Å². The summed E-state index contributed by atoms with van der Waals surface area (Å²) in [6.45, 7) is 6.97. The van der Waals surface area contributed by atoms with Crippen molar-refractivity contribution in [1.82, 2.24) is 4.90 Å². The molecule has 0 spiro atoms. The van der Waals surface area contributed by atoms with Gasteiger partial charge >= 0.3 is 0 Å². The SMILES string of the molecule is CCN(CC)C1CCC(/C=N/N=C(C2CCCCC2)C2CCCCC2)CC1. The molecule has 3 aliphatic carbocycles. The van der Waals surface area contributed by atoms with E-state index in [9.17, 15) is 0 Å². The fourth-order valence-electron chi connectivity index (χ4n) is 5.84. The van der Waals surface area contributed by atoms with E-state index in [-0.39, 0.29) is 0 Å². The Morgan fingerprint density at radius 3 is 1.74 bits per heavy atom. The van der Waals surface area contributed by atoms with Gasteiger partial charge in [0.15, 0.2) is 0 Å². The summed E-state index contributed by atoms with van der Waals surface area (Å²) in [4.78, 5) is 2.63. The molecular formula is C24H43N3. The second-order valence-corrected chi connectivity index (χ2v) is 9.25. The topological polar surface area (TPSA) is 28.0 Å². The van der Waals surface area contributed by atoms with E-state index >= 15 is 0 Å². The lowest BCUT2D eigenvalue weighted by Gasteiger charge is -2.34. The van der Waals surface area contributed by atoms with Crippen molar-refractivity contribution in [1.29, 1.82) is 0 Å². The maximum Gasteiger partial charge on any atom is 0.0467 e. The second-order valence-electron chi connectivity index (χ2n) is 9.25. The molecule has 3 fully saturated rings. The van der Waals surface area contributed by atoms with Crippen molar-refractivity contribution in [2.75, 3.05) is 13.1 Å². The highest BCUT2D eigenvalue weighted by atomic mass is 15.2. The molecule has 3 nitrogen and oxygen atoms in total. The second kappa shape index (κ2) is 11.3. The van der Waals surface area contributed by atoms with E-state index in [1.807, 2.05) is 0 Å². The van der Waals surface area contributed by atoms with Crippen LogP contribution in [0, 0.1) is 17.8 Å². The van der Waals surface area contributed by atoms with Crippen LogP contribution in [0.5, 0.6) is 0 Å². The van der Waals surface area contributed by atoms with Gasteiger partial charge in [0.05, 0.1) is 0 Å². The monoisotopic (exact) mass is 373 g/mol. The first-order valence-corrected chi connectivity index (χ1v) is 12.2. The van der Waals surface area contributed by atoms with Crippen LogP contribution in [0.15, 0.2) is 10.2 Å². The van der Waals surface area contributed by atoms with E-state index in [1.165, 1.54) is 109 Å². The predicted octanol–water partition coefficient (Wildman–Crippen LogP) is 6.47. The fraction of sp³-hybridized carbons (Fsp3) is 0.917. The van der Waals surface area contributed by atoms with Gasteiger partial charge in [-0.05, 0) is 82.2 Å². The van der Waals surface area contributed by atoms with Crippen molar-refractivity contribution in [3.8, 4) is 0 Å². The number of hydrogen-bond acceptors (Lipinski definition) is 3. The molecule has 3 heteroatoms. The van der Waals surface area contributed by atoms with Crippen molar-refractivity contribution in [3.63, 3.8) is 0 Å². The first-order chi connectivity index (χ1) is 13.3. The first-order valence-electron chi connectivity index (χ1n) is 12.2. The summed E-state index contributed by atoms with van der Waals surface area (Å²) >= 11 is 0. The highest BCUT2D eigenvalue weighted by Gasteiger charge is 2.28. The highest BCUT2D eigenvalue weighted by molar-refractivity contribution is 5.89. The lowest BCUT2D eigenvalue weighted by molar-refractivity contribution is 0.163. The van der Waals surface area contributed by atoms with E-state index < -0.39 is 0 Å². The predicted molar refractivity (Wildman–Crippen MR) is 118 cm³/mol. The molecule has 27 heavy (non-hydrogen) atoms. The lowest BCUT2D eigenvalue weighted by atomic mass is 9.76. The van der Waals surface area contributed by atoms with Crippen molar-refractivity contribution < 1.29 is 0 Å². The molecule has 3 rings (SSSR count). The largest absolute Gasteiger partial charge is 0.301 e. The molecule has 3 saturated carbocycles. The van der Waals surface area contributed by atoms with Crippen LogP contribution in [0.2, 0.25) is 0 Å². The maximum absolute atomic E-state index is 4.93. The van der Waals surface area contributed by atoms with Crippen molar-refractivity contribution in [3.05, 3.63) is 0 Å². The summed E-state index contributed by atoms with van der Waals surface area (Å²) in [5, 5.41) is 9.63. The van der Waals surface area contributed by atoms with E-state index in [0.29, 0.717) is 5.92 Å². The summed E-state index contributed by atoms with van der Waals surface area (Å²) in [6.07, 6.45) is 21.4. The van der Waals surface area contributed by atoms with Gasteiger partial charge in [0.25, 0.3) is 0 Å². The Kier molecular flexibility index (Phi) is 8.83. The zero-order valence-corrected chi connectivity index (χ0v) is 18.0. The summed E-state index contributed by atoms with van der Waals surface area (Å²) in [5.74, 6) is 2.12. The van der Waals surface area contributed by atoms with Crippen molar-refractivity contribution in [2.24, 2.45) is 28.0 Å². The van der Waals surface area contributed by atoms with Crippen LogP contribution in [0.25, 0.3) is 0 Å². The lowest BCUT2D eigenvalue weighted by Crippen LogP contribution is -2.38.